The Bertz CT molecular complexity index is 839. The second-order valence-corrected chi connectivity index (χ2v) is 4.89. The molecule has 116 valence electrons. The molecule has 1 amide bonds. The molecule has 0 bridgehead atoms. The summed E-state index contributed by atoms with van der Waals surface area (Å²) in [6.07, 6.45) is 0. The van der Waals surface area contributed by atoms with Crippen molar-refractivity contribution in [1.29, 1.82) is 0 Å². The maximum Gasteiger partial charge on any atom is 0.320 e. The maximum atomic E-state index is 13.4. The Morgan fingerprint density at radius 3 is 2.61 bits per heavy atom. The van der Waals surface area contributed by atoms with Crippen molar-refractivity contribution >= 4 is 34.9 Å². The third-order valence-electron chi connectivity index (χ3n) is 2.82. The molecule has 3 aromatic rings. The van der Waals surface area contributed by atoms with Crippen LogP contribution in [0.4, 0.5) is 21.8 Å². The second-order valence-electron chi connectivity index (χ2n) is 4.49. The van der Waals surface area contributed by atoms with E-state index in [4.69, 9.17) is 16.0 Å². The minimum absolute atomic E-state index is 0.00371. The van der Waals surface area contributed by atoms with Crippen LogP contribution in [0.5, 0.6) is 0 Å². The largest absolute Gasteiger partial charge is 0.399 e. The zero-order chi connectivity index (χ0) is 16.2. The SMILES string of the molecule is O=C(Nc1ccccc1)c1nnc(Nc2ccc(Cl)c(F)c2)o1. The van der Waals surface area contributed by atoms with E-state index in [1.807, 2.05) is 6.07 Å². The van der Waals surface area contributed by atoms with E-state index in [2.05, 4.69) is 20.8 Å². The fourth-order valence-electron chi connectivity index (χ4n) is 1.77. The van der Waals surface area contributed by atoms with Gasteiger partial charge in [-0.05, 0) is 30.3 Å². The molecule has 0 unspecified atom stereocenters. The van der Waals surface area contributed by atoms with Crippen LogP contribution in [0.15, 0.2) is 52.9 Å². The Morgan fingerprint density at radius 1 is 1.09 bits per heavy atom. The van der Waals surface area contributed by atoms with Crippen LogP contribution in [0.3, 0.4) is 0 Å². The monoisotopic (exact) mass is 332 g/mol. The number of nitrogens with zero attached hydrogens (tertiary/aromatic N) is 2. The molecular weight excluding hydrogens is 323 g/mol. The number of carbonyl (C=O) groups is 1. The first-order chi connectivity index (χ1) is 11.1. The highest BCUT2D eigenvalue weighted by atomic mass is 35.5. The number of para-hydroxylation sites is 1. The minimum Gasteiger partial charge on any atom is -0.399 e. The number of hydrogen-bond donors (Lipinski definition) is 2. The number of aromatic nitrogens is 2. The van der Waals surface area contributed by atoms with Gasteiger partial charge in [0.2, 0.25) is 0 Å². The lowest BCUT2D eigenvalue weighted by atomic mass is 10.3. The van der Waals surface area contributed by atoms with E-state index < -0.39 is 11.7 Å². The van der Waals surface area contributed by atoms with Gasteiger partial charge in [-0.1, -0.05) is 34.9 Å². The number of hydrogen-bond acceptors (Lipinski definition) is 5. The molecule has 8 heteroatoms. The average molecular weight is 333 g/mol. The zero-order valence-electron chi connectivity index (χ0n) is 11.6. The Hall–Kier alpha value is -2.93. The summed E-state index contributed by atoms with van der Waals surface area (Å²) in [7, 11) is 0. The molecule has 0 spiro atoms. The Labute approximate surface area is 135 Å². The summed E-state index contributed by atoms with van der Waals surface area (Å²) in [4.78, 5) is 12.0. The number of nitrogens with one attached hydrogen (secondary N) is 2. The molecule has 3 rings (SSSR count). The Balaban J connectivity index is 1.70. The molecule has 0 atom stereocenters. The molecule has 1 aromatic heterocycles. The van der Waals surface area contributed by atoms with Gasteiger partial charge in [0.15, 0.2) is 0 Å². The van der Waals surface area contributed by atoms with Crippen LogP contribution in [0.2, 0.25) is 5.02 Å². The van der Waals surface area contributed by atoms with Gasteiger partial charge in [-0.15, -0.1) is 5.10 Å². The minimum atomic E-state index is -0.585. The highest BCUT2D eigenvalue weighted by Crippen LogP contribution is 2.21. The van der Waals surface area contributed by atoms with Crippen LogP contribution in [0.1, 0.15) is 10.7 Å². The molecule has 0 saturated carbocycles. The van der Waals surface area contributed by atoms with Gasteiger partial charge in [0.25, 0.3) is 0 Å². The number of benzene rings is 2. The van der Waals surface area contributed by atoms with Crippen LogP contribution < -0.4 is 10.6 Å². The zero-order valence-corrected chi connectivity index (χ0v) is 12.3. The van der Waals surface area contributed by atoms with E-state index in [0.29, 0.717) is 11.4 Å². The number of rotatable bonds is 4. The molecular formula is C15H10ClFN4O2. The summed E-state index contributed by atoms with van der Waals surface area (Å²) < 4.78 is 18.5. The quantitative estimate of drug-likeness (QED) is 0.758. The summed E-state index contributed by atoms with van der Waals surface area (Å²) in [6, 6.07) is 12.9. The average Bonchev–Trinajstić information content (AvgIpc) is 3.01. The molecule has 1 heterocycles. The second kappa shape index (κ2) is 6.45. The van der Waals surface area contributed by atoms with E-state index in [-0.39, 0.29) is 16.9 Å². The number of amides is 1. The summed E-state index contributed by atoms with van der Waals surface area (Å²) in [6.45, 7) is 0. The van der Waals surface area contributed by atoms with Gasteiger partial charge in [0, 0.05) is 11.4 Å². The highest BCUT2D eigenvalue weighted by molar-refractivity contribution is 6.30. The highest BCUT2D eigenvalue weighted by Gasteiger charge is 2.15. The van der Waals surface area contributed by atoms with Crippen molar-refractivity contribution < 1.29 is 13.6 Å². The topological polar surface area (TPSA) is 80.0 Å². The summed E-state index contributed by atoms with van der Waals surface area (Å²) in [5.74, 6) is -1.34. The molecule has 0 saturated heterocycles. The smallest absolute Gasteiger partial charge is 0.320 e. The summed E-state index contributed by atoms with van der Waals surface area (Å²) in [5.41, 5.74) is 0.968. The van der Waals surface area contributed by atoms with Crippen molar-refractivity contribution in [3.63, 3.8) is 0 Å². The summed E-state index contributed by atoms with van der Waals surface area (Å²) >= 11 is 5.60. The molecule has 0 fully saturated rings. The molecule has 0 radical (unpaired) electrons. The van der Waals surface area contributed by atoms with E-state index in [0.717, 1.165) is 0 Å². The van der Waals surface area contributed by atoms with E-state index in [1.165, 1.54) is 12.1 Å². The van der Waals surface area contributed by atoms with Gasteiger partial charge in [0.1, 0.15) is 5.82 Å². The molecule has 23 heavy (non-hydrogen) atoms. The first kappa shape index (κ1) is 15.0. The van der Waals surface area contributed by atoms with Gasteiger partial charge >= 0.3 is 17.8 Å². The molecule has 2 N–H and O–H groups in total. The van der Waals surface area contributed by atoms with E-state index in [9.17, 15) is 9.18 Å². The fourth-order valence-corrected chi connectivity index (χ4v) is 1.89. The molecule has 0 aliphatic carbocycles. The first-order valence-corrected chi connectivity index (χ1v) is 6.91. The standard InChI is InChI=1S/C15H10ClFN4O2/c16-11-7-6-10(8-12(11)17)19-15-21-20-14(23-15)13(22)18-9-4-2-1-3-5-9/h1-8H,(H,18,22)(H,19,21). The van der Waals surface area contributed by atoms with Crippen LogP contribution in [0, 0.1) is 5.82 Å². The number of carbonyl (C=O) groups excluding carboxylic acids is 1. The van der Waals surface area contributed by atoms with Crippen molar-refractivity contribution in [2.75, 3.05) is 10.6 Å². The van der Waals surface area contributed by atoms with Gasteiger partial charge < -0.3 is 15.1 Å². The van der Waals surface area contributed by atoms with Gasteiger partial charge in [-0.2, -0.15) is 0 Å². The predicted molar refractivity (Wildman–Crippen MR) is 83.4 cm³/mol. The van der Waals surface area contributed by atoms with Crippen molar-refractivity contribution in [3.8, 4) is 0 Å². The third-order valence-corrected chi connectivity index (χ3v) is 3.13. The summed E-state index contributed by atoms with van der Waals surface area (Å²) in [5, 5.41) is 12.6. The van der Waals surface area contributed by atoms with Crippen LogP contribution in [0.25, 0.3) is 0 Å². The number of halogens is 2. The lowest BCUT2D eigenvalue weighted by Gasteiger charge is -2.02. The van der Waals surface area contributed by atoms with E-state index >= 15 is 0 Å². The van der Waals surface area contributed by atoms with Gasteiger partial charge in [-0.3, -0.25) is 4.79 Å². The number of anilines is 3. The van der Waals surface area contributed by atoms with Crippen molar-refractivity contribution in [2.45, 2.75) is 0 Å². The molecule has 2 aromatic carbocycles. The molecule has 0 aliphatic rings. The molecule has 6 nitrogen and oxygen atoms in total. The van der Waals surface area contributed by atoms with E-state index in [1.54, 1.807) is 30.3 Å². The Kier molecular flexibility index (Phi) is 4.20. The predicted octanol–water partition coefficient (Wildman–Crippen LogP) is 3.86. The lowest BCUT2D eigenvalue weighted by molar-refractivity contribution is 0.0991. The van der Waals surface area contributed by atoms with Crippen molar-refractivity contribution in [3.05, 3.63) is 65.3 Å². The lowest BCUT2D eigenvalue weighted by Crippen LogP contribution is -2.12. The third kappa shape index (κ3) is 3.64. The Morgan fingerprint density at radius 2 is 1.87 bits per heavy atom. The first-order valence-electron chi connectivity index (χ1n) is 6.54. The molecule has 0 aliphatic heterocycles. The van der Waals surface area contributed by atoms with Gasteiger partial charge in [-0.25, -0.2) is 4.39 Å². The van der Waals surface area contributed by atoms with Crippen LogP contribution >= 0.6 is 11.6 Å². The maximum absolute atomic E-state index is 13.4. The van der Waals surface area contributed by atoms with Crippen LogP contribution in [-0.4, -0.2) is 16.1 Å². The van der Waals surface area contributed by atoms with Crippen molar-refractivity contribution in [1.82, 2.24) is 10.2 Å². The fraction of sp³-hybridized carbons (Fsp3) is 0. The van der Waals surface area contributed by atoms with Crippen LogP contribution in [-0.2, 0) is 0 Å². The van der Waals surface area contributed by atoms with Gasteiger partial charge in [0.05, 0.1) is 5.02 Å². The normalized spacial score (nSPS) is 10.3. The van der Waals surface area contributed by atoms with Crippen molar-refractivity contribution in [2.24, 2.45) is 0 Å².